The largest absolute Gasteiger partial charge is 0.382 e. The molecule has 0 unspecified atom stereocenters. The molecule has 1 saturated heterocycles. The molecular weight excluding hydrogens is 445 g/mol. The number of nitrogens with zero attached hydrogens (tertiary/aromatic N) is 4. The number of aromatic nitrogens is 4. The Morgan fingerprint density at radius 3 is 2.80 bits per heavy atom. The molecule has 2 aliphatic heterocycles. The van der Waals surface area contributed by atoms with Crippen molar-refractivity contribution >= 4 is 11.7 Å². The lowest BCUT2D eigenvalue weighted by atomic mass is 9.89. The van der Waals surface area contributed by atoms with Gasteiger partial charge in [-0.15, -0.1) is 0 Å². The second kappa shape index (κ2) is 7.84. The van der Waals surface area contributed by atoms with Gasteiger partial charge in [0.1, 0.15) is 5.82 Å². The van der Waals surface area contributed by atoms with Crippen molar-refractivity contribution in [1.29, 1.82) is 0 Å². The Labute approximate surface area is 203 Å². The van der Waals surface area contributed by atoms with Crippen LogP contribution in [0.25, 0.3) is 22.4 Å². The monoisotopic (exact) mass is 475 g/mol. The fraction of sp³-hybridized carbons (Fsp3) is 0.462. The van der Waals surface area contributed by atoms with Crippen LogP contribution in [0.5, 0.6) is 0 Å². The van der Waals surface area contributed by atoms with E-state index in [4.69, 9.17) is 5.73 Å². The Balaban J connectivity index is 1.27. The number of nitrogens with two attached hydrogens (primary N) is 1. The van der Waals surface area contributed by atoms with Gasteiger partial charge in [0.25, 0.3) is 5.91 Å². The molecule has 1 amide bonds. The van der Waals surface area contributed by atoms with Gasteiger partial charge >= 0.3 is 0 Å². The van der Waals surface area contributed by atoms with E-state index in [9.17, 15) is 9.18 Å². The third kappa shape index (κ3) is 4.07. The first kappa shape index (κ1) is 22.2. The third-order valence-electron chi connectivity index (χ3n) is 7.63. The summed E-state index contributed by atoms with van der Waals surface area (Å²) in [5, 5.41) is 11.1. The van der Waals surface area contributed by atoms with Crippen molar-refractivity contribution in [2.45, 2.75) is 64.1 Å². The SMILES string of the molecule is CC1(C)Cc2c(-c3ccc(F)c(-c4cnc(N)c(C(=O)N[C@H]5CCC6(CC6)NC5)n4)c3)cnn2C1. The minimum Gasteiger partial charge on any atom is -0.382 e. The van der Waals surface area contributed by atoms with E-state index in [1.54, 1.807) is 12.1 Å². The Hall–Kier alpha value is -3.33. The molecular formula is C26H30FN7O. The summed E-state index contributed by atoms with van der Waals surface area (Å²) in [7, 11) is 0. The molecule has 1 aromatic carbocycles. The average Bonchev–Trinajstić information content (AvgIpc) is 3.37. The van der Waals surface area contributed by atoms with Gasteiger partial charge in [0.05, 0.1) is 18.1 Å². The molecule has 1 saturated carbocycles. The highest BCUT2D eigenvalue weighted by Gasteiger charge is 2.45. The topological polar surface area (TPSA) is 111 Å². The highest BCUT2D eigenvalue weighted by atomic mass is 19.1. The van der Waals surface area contributed by atoms with Crippen molar-refractivity contribution in [3.8, 4) is 22.4 Å². The standard InChI is InChI=1S/C26H30FN7O/c1-25(2)10-21-18(12-31-34(21)14-25)15-3-4-19(27)17(9-15)20-13-29-23(28)22(33-20)24(35)32-16-5-6-26(7-8-26)30-11-16/h3-4,9,12-13,16,30H,5-8,10-11,14H2,1-2H3,(H2,28,29)(H,32,35)/t16-/m0/s1. The molecule has 4 N–H and O–H groups in total. The zero-order valence-electron chi connectivity index (χ0n) is 20.1. The highest BCUT2D eigenvalue weighted by molar-refractivity contribution is 5.97. The van der Waals surface area contributed by atoms with E-state index in [-0.39, 0.29) is 40.1 Å². The fourth-order valence-corrected chi connectivity index (χ4v) is 5.41. The number of halogens is 1. The summed E-state index contributed by atoms with van der Waals surface area (Å²) in [5.41, 5.74) is 9.99. The maximum Gasteiger partial charge on any atom is 0.274 e. The average molecular weight is 476 g/mol. The Bertz CT molecular complexity index is 1320. The molecule has 6 rings (SSSR count). The van der Waals surface area contributed by atoms with E-state index in [2.05, 4.69) is 39.5 Å². The number of benzene rings is 1. The van der Waals surface area contributed by atoms with Gasteiger partial charge in [-0.3, -0.25) is 9.48 Å². The predicted molar refractivity (Wildman–Crippen MR) is 131 cm³/mol. The lowest BCUT2D eigenvalue weighted by Gasteiger charge is -2.30. The van der Waals surface area contributed by atoms with Gasteiger partial charge in [-0.05, 0) is 55.2 Å². The van der Waals surface area contributed by atoms with Crippen molar-refractivity contribution in [2.24, 2.45) is 5.41 Å². The molecule has 1 aliphatic carbocycles. The number of piperidine rings is 1. The normalized spacial score (nSPS) is 21.6. The molecule has 1 atom stereocenters. The summed E-state index contributed by atoms with van der Waals surface area (Å²) in [4.78, 5) is 21.6. The Morgan fingerprint density at radius 1 is 1.23 bits per heavy atom. The molecule has 9 heteroatoms. The van der Waals surface area contributed by atoms with Crippen LogP contribution in [0.4, 0.5) is 10.2 Å². The van der Waals surface area contributed by atoms with Crippen LogP contribution in [0.15, 0.2) is 30.6 Å². The van der Waals surface area contributed by atoms with Crippen LogP contribution >= 0.6 is 0 Å². The molecule has 35 heavy (non-hydrogen) atoms. The Kier molecular flexibility index (Phi) is 4.96. The zero-order chi connectivity index (χ0) is 24.4. The van der Waals surface area contributed by atoms with Crippen molar-refractivity contribution in [1.82, 2.24) is 30.4 Å². The number of anilines is 1. The Morgan fingerprint density at radius 2 is 2.06 bits per heavy atom. The molecule has 182 valence electrons. The minimum atomic E-state index is -0.436. The number of carbonyl (C=O) groups excluding carboxylic acids is 1. The minimum absolute atomic E-state index is 0.00679. The molecule has 8 nitrogen and oxygen atoms in total. The van der Waals surface area contributed by atoms with Crippen molar-refractivity contribution in [2.75, 3.05) is 12.3 Å². The van der Waals surface area contributed by atoms with Gasteiger partial charge in [0, 0.05) is 41.5 Å². The predicted octanol–water partition coefficient (Wildman–Crippen LogP) is 3.33. The second-order valence-corrected chi connectivity index (χ2v) is 11.1. The smallest absolute Gasteiger partial charge is 0.274 e. The van der Waals surface area contributed by atoms with E-state index < -0.39 is 5.82 Å². The quantitative estimate of drug-likeness (QED) is 0.534. The van der Waals surface area contributed by atoms with E-state index in [1.807, 2.05) is 10.9 Å². The maximum atomic E-state index is 15.0. The molecule has 3 aliphatic rings. The van der Waals surface area contributed by atoms with E-state index in [1.165, 1.54) is 25.1 Å². The zero-order valence-corrected chi connectivity index (χ0v) is 20.1. The van der Waals surface area contributed by atoms with E-state index >= 15 is 0 Å². The third-order valence-corrected chi connectivity index (χ3v) is 7.63. The maximum absolute atomic E-state index is 15.0. The van der Waals surface area contributed by atoms with Crippen LogP contribution < -0.4 is 16.4 Å². The summed E-state index contributed by atoms with van der Waals surface area (Å²) in [6.45, 7) is 6.01. The molecule has 4 heterocycles. The van der Waals surface area contributed by atoms with Crippen LogP contribution in [0, 0.1) is 11.2 Å². The number of fused-ring (bicyclic) bond motifs is 1. The number of carbonyl (C=O) groups is 1. The number of nitrogens with one attached hydrogen (secondary N) is 2. The van der Waals surface area contributed by atoms with E-state index in [0.29, 0.717) is 5.54 Å². The van der Waals surface area contributed by atoms with Crippen LogP contribution in [0.3, 0.4) is 0 Å². The first-order valence-electron chi connectivity index (χ1n) is 12.3. The summed E-state index contributed by atoms with van der Waals surface area (Å²) >= 11 is 0. The first-order chi connectivity index (χ1) is 16.7. The second-order valence-electron chi connectivity index (χ2n) is 11.1. The number of hydrogen-bond donors (Lipinski definition) is 3. The fourth-order valence-electron chi connectivity index (χ4n) is 5.41. The highest BCUT2D eigenvalue weighted by Crippen LogP contribution is 2.42. The van der Waals surface area contributed by atoms with Gasteiger partial charge in [0.15, 0.2) is 11.5 Å². The molecule has 1 spiro atoms. The van der Waals surface area contributed by atoms with Crippen LogP contribution in [-0.2, 0) is 13.0 Å². The van der Waals surface area contributed by atoms with E-state index in [0.717, 1.165) is 49.2 Å². The summed E-state index contributed by atoms with van der Waals surface area (Å²) in [6, 6.07) is 4.93. The van der Waals surface area contributed by atoms with Crippen molar-refractivity contribution in [3.63, 3.8) is 0 Å². The van der Waals surface area contributed by atoms with Crippen LogP contribution in [0.2, 0.25) is 0 Å². The molecule has 3 aromatic rings. The lowest BCUT2D eigenvalue weighted by Crippen LogP contribution is -2.50. The van der Waals surface area contributed by atoms with Gasteiger partial charge in [-0.1, -0.05) is 19.9 Å². The molecule has 2 fully saturated rings. The summed E-state index contributed by atoms with van der Waals surface area (Å²) in [5.74, 6) is -0.792. The molecule has 2 aromatic heterocycles. The summed E-state index contributed by atoms with van der Waals surface area (Å²) in [6.07, 6.45) is 8.52. The lowest BCUT2D eigenvalue weighted by molar-refractivity contribution is 0.0921. The number of hydrogen-bond acceptors (Lipinski definition) is 6. The summed E-state index contributed by atoms with van der Waals surface area (Å²) < 4.78 is 17.0. The van der Waals surface area contributed by atoms with Crippen molar-refractivity contribution < 1.29 is 9.18 Å². The van der Waals surface area contributed by atoms with Crippen molar-refractivity contribution in [3.05, 3.63) is 47.8 Å². The first-order valence-corrected chi connectivity index (χ1v) is 12.3. The van der Waals surface area contributed by atoms with Crippen LogP contribution in [0.1, 0.15) is 55.7 Å². The van der Waals surface area contributed by atoms with Gasteiger partial charge in [0.2, 0.25) is 0 Å². The van der Waals surface area contributed by atoms with Gasteiger partial charge < -0.3 is 16.4 Å². The number of rotatable bonds is 4. The van der Waals surface area contributed by atoms with Gasteiger partial charge in [-0.25, -0.2) is 14.4 Å². The molecule has 0 bridgehead atoms. The number of amides is 1. The van der Waals surface area contributed by atoms with Gasteiger partial charge in [-0.2, -0.15) is 5.10 Å². The van der Waals surface area contributed by atoms with Crippen LogP contribution in [-0.4, -0.2) is 43.8 Å². The molecule has 0 radical (unpaired) electrons. The number of nitrogen functional groups attached to an aromatic ring is 1.